The maximum Gasteiger partial charge on any atom is 0.264 e. The summed E-state index contributed by atoms with van der Waals surface area (Å²) in [6.07, 6.45) is 0.453. The summed E-state index contributed by atoms with van der Waals surface area (Å²) in [6.45, 7) is 2.07. The van der Waals surface area contributed by atoms with E-state index in [-0.39, 0.29) is 24.5 Å². The lowest BCUT2D eigenvalue weighted by Gasteiger charge is -2.18. The van der Waals surface area contributed by atoms with Crippen molar-refractivity contribution in [2.45, 2.75) is 32.1 Å². The van der Waals surface area contributed by atoms with E-state index in [0.717, 1.165) is 43.9 Å². The van der Waals surface area contributed by atoms with Crippen molar-refractivity contribution in [3.8, 4) is 21.8 Å². The number of hydrogen-bond donors (Lipinski definition) is 2. The standard InChI is InChI=1S/C38H33NO6S2/c1-25-8-21-37(46-25)30-15-13-27(14-16-30)33(23-26-9-11-28(12-10-26)34(40)6-4-22-47(42,43)44)38(41)39-32-19-17-29(18-20-32)36-24-31-5-2-3-7-35(31)45-36/h2-3,5,7-21,24,33H,4,6,22-23H2,1H3,(H,39,41)(H,42,43,44). The van der Waals surface area contributed by atoms with Gasteiger partial charge in [0.15, 0.2) is 5.78 Å². The van der Waals surface area contributed by atoms with Crippen molar-refractivity contribution in [3.63, 3.8) is 0 Å². The van der Waals surface area contributed by atoms with Crippen molar-refractivity contribution in [3.05, 3.63) is 137 Å². The molecule has 0 spiro atoms. The van der Waals surface area contributed by atoms with Crippen LogP contribution in [0.4, 0.5) is 5.69 Å². The number of furan rings is 1. The van der Waals surface area contributed by atoms with Crippen LogP contribution in [0, 0.1) is 6.92 Å². The number of para-hydroxylation sites is 1. The third kappa shape index (κ3) is 8.13. The molecule has 4 aromatic carbocycles. The molecule has 2 N–H and O–H groups in total. The maximum absolute atomic E-state index is 13.9. The molecular weight excluding hydrogens is 631 g/mol. The van der Waals surface area contributed by atoms with Crippen LogP contribution < -0.4 is 5.32 Å². The van der Waals surface area contributed by atoms with E-state index in [1.807, 2.05) is 91.0 Å². The van der Waals surface area contributed by atoms with Gasteiger partial charge in [0.05, 0.1) is 11.7 Å². The summed E-state index contributed by atoms with van der Waals surface area (Å²) in [5.74, 6) is -0.586. The summed E-state index contributed by atoms with van der Waals surface area (Å²) in [7, 11) is -4.11. The molecule has 9 heteroatoms. The highest BCUT2D eigenvalue weighted by Gasteiger charge is 2.22. The molecule has 238 valence electrons. The number of carbonyl (C=O) groups is 2. The van der Waals surface area contributed by atoms with Crippen molar-refractivity contribution in [1.82, 2.24) is 0 Å². The summed E-state index contributed by atoms with van der Waals surface area (Å²) < 4.78 is 36.9. The molecule has 0 radical (unpaired) electrons. The van der Waals surface area contributed by atoms with Crippen molar-refractivity contribution in [2.24, 2.45) is 0 Å². The summed E-state index contributed by atoms with van der Waals surface area (Å²) >= 11 is 1.72. The molecule has 1 unspecified atom stereocenters. The quantitative estimate of drug-likeness (QED) is 0.0998. The minimum absolute atomic E-state index is 0.00934. The smallest absolute Gasteiger partial charge is 0.264 e. The second-order valence-electron chi connectivity index (χ2n) is 11.5. The fourth-order valence-corrected chi connectivity index (χ4v) is 6.91. The Morgan fingerprint density at radius 2 is 1.55 bits per heavy atom. The van der Waals surface area contributed by atoms with E-state index in [2.05, 4.69) is 24.4 Å². The molecule has 7 nitrogen and oxygen atoms in total. The van der Waals surface area contributed by atoms with Gasteiger partial charge in [0, 0.05) is 38.4 Å². The van der Waals surface area contributed by atoms with Gasteiger partial charge in [-0.1, -0.05) is 66.7 Å². The first-order valence-electron chi connectivity index (χ1n) is 15.3. The van der Waals surface area contributed by atoms with E-state index in [4.69, 9.17) is 8.97 Å². The molecule has 1 amide bonds. The van der Waals surface area contributed by atoms with Gasteiger partial charge in [-0.3, -0.25) is 14.1 Å². The average Bonchev–Trinajstić information content (AvgIpc) is 3.70. The van der Waals surface area contributed by atoms with Gasteiger partial charge in [-0.25, -0.2) is 0 Å². The minimum Gasteiger partial charge on any atom is -0.456 e. The molecule has 0 aliphatic carbocycles. The van der Waals surface area contributed by atoms with Crippen LogP contribution in [0.5, 0.6) is 0 Å². The van der Waals surface area contributed by atoms with E-state index >= 15 is 0 Å². The monoisotopic (exact) mass is 663 g/mol. The highest BCUT2D eigenvalue weighted by molar-refractivity contribution is 7.85. The number of thiophene rings is 1. The molecular formula is C38H33NO6S2. The number of nitrogens with one attached hydrogen (secondary N) is 1. The number of hydrogen-bond acceptors (Lipinski definition) is 6. The highest BCUT2D eigenvalue weighted by atomic mass is 32.2. The number of fused-ring (bicyclic) bond motifs is 1. The predicted octanol–water partition coefficient (Wildman–Crippen LogP) is 8.95. The molecule has 0 aliphatic rings. The molecule has 0 aliphatic heterocycles. The van der Waals surface area contributed by atoms with Crippen LogP contribution in [0.2, 0.25) is 0 Å². The summed E-state index contributed by atoms with van der Waals surface area (Å²) in [6, 6.07) is 36.7. The number of carbonyl (C=O) groups excluding carboxylic acids is 2. The number of aryl methyl sites for hydroxylation is 1. The molecule has 6 aromatic rings. The van der Waals surface area contributed by atoms with E-state index in [0.29, 0.717) is 17.7 Å². The molecule has 0 saturated heterocycles. The SMILES string of the molecule is Cc1ccc(-c2ccc(C(Cc3ccc(C(=O)CCCS(=O)(=O)O)cc3)C(=O)Nc3ccc(-c4cc5ccccc5o4)cc3)cc2)s1. The Balaban J connectivity index is 1.20. The summed E-state index contributed by atoms with van der Waals surface area (Å²) in [5, 5.41) is 4.11. The first-order valence-corrected chi connectivity index (χ1v) is 17.7. The van der Waals surface area contributed by atoms with Gasteiger partial charge < -0.3 is 9.73 Å². The van der Waals surface area contributed by atoms with Crippen LogP contribution in [0.3, 0.4) is 0 Å². The molecule has 6 rings (SSSR count). The fraction of sp³-hybridized carbons (Fsp3) is 0.158. The Morgan fingerprint density at radius 1 is 0.851 bits per heavy atom. The fourth-order valence-electron chi connectivity index (χ4n) is 5.52. The van der Waals surface area contributed by atoms with Crippen LogP contribution in [-0.2, 0) is 21.3 Å². The lowest BCUT2D eigenvalue weighted by molar-refractivity contribution is -0.117. The molecule has 2 heterocycles. The zero-order valence-electron chi connectivity index (χ0n) is 25.7. The number of rotatable bonds is 12. The second-order valence-corrected chi connectivity index (χ2v) is 14.4. The number of ketones is 1. The Hall–Kier alpha value is -4.83. The van der Waals surface area contributed by atoms with Gasteiger partial charge in [-0.15, -0.1) is 11.3 Å². The number of amides is 1. The van der Waals surface area contributed by atoms with Crippen LogP contribution in [0.1, 0.15) is 45.1 Å². The van der Waals surface area contributed by atoms with Gasteiger partial charge in [0.25, 0.3) is 10.1 Å². The minimum atomic E-state index is -4.11. The van der Waals surface area contributed by atoms with Crippen molar-refractivity contribution >= 4 is 49.8 Å². The first kappa shape index (κ1) is 32.1. The zero-order valence-corrected chi connectivity index (χ0v) is 27.3. The molecule has 1 atom stereocenters. The first-order chi connectivity index (χ1) is 22.6. The van der Waals surface area contributed by atoms with Crippen molar-refractivity contribution in [2.75, 3.05) is 11.1 Å². The van der Waals surface area contributed by atoms with E-state index in [1.165, 1.54) is 4.88 Å². The second kappa shape index (κ2) is 13.9. The van der Waals surface area contributed by atoms with Crippen LogP contribution >= 0.6 is 11.3 Å². The van der Waals surface area contributed by atoms with Gasteiger partial charge >= 0.3 is 0 Å². The lowest BCUT2D eigenvalue weighted by Crippen LogP contribution is -2.23. The number of benzene rings is 4. The number of Topliss-reactive ketones (excluding diaryl/α,β-unsaturated/α-hetero) is 1. The third-order valence-electron chi connectivity index (χ3n) is 8.04. The topological polar surface area (TPSA) is 114 Å². The summed E-state index contributed by atoms with van der Waals surface area (Å²) in [5.41, 5.74) is 5.66. The van der Waals surface area contributed by atoms with Gasteiger partial charge in [-0.2, -0.15) is 8.42 Å². The van der Waals surface area contributed by atoms with Gasteiger partial charge in [0.2, 0.25) is 5.91 Å². The molecule has 0 saturated carbocycles. The van der Waals surface area contributed by atoms with Crippen LogP contribution in [0.15, 0.2) is 120 Å². The van der Waals surface area contributed by atoms with Crippen molar-refractivity contribution < 1.29 is 27.0 Å². The van der Waals surface area contributed by atoms with E-state index < -0.39 is 21.8 Å². The highest BCUT2D eigenvalue weighted by Crippen LogP contribution is 2.32. The van der Waals surface area contributed by atoms with E-state index in [1.54, 1.807) is 23.5 Å². The largest absolute Gasteiger partial charge is 0.456 e. The van der Waals surface area contributed by atoms with Crippen LogP contribution in [-0.4, -0.2) is 30.4 Å². The third-order valence-corrected chi connectivity index (χ3v) is 9.89. The maximum atomic E-state index is 13.9. The number of anilines is 1. The molecule has 2 aromatic heterocycles. The van der Waals surface area contributed by atoms with E-state index in [9.17, 15) is 18.0 Å². The molecule has 0 fully saturated rings. The Kier molecular flexibility index (Phi) is 9.49. The lowest BCUT2D eigenvalue weighted by atomic mass is 9.89. The predicted molar refractivity (Wildman–Crippen MR) is 188 cm³/mol. The Labute approximate surface area is 277 Å². The normalized spacial score (nSPS) is 12.2. The molecule has 0 bridgehead atoms. The zero-order chi connectivity index (χ0) is 33.0. The summed E-state index contributed by atoms with van der Waals surface area (Å²) in [4.78, 5) is 28.8. The van der Waals surface area contributed by atoms with Gasteiger partial charge in [0.1, 0.15) is 11.3 Å². The average molecular weight is 664 g/mol. The van der Waals surface area contributed by atoms with Gasteiger partial charge in [-0.05, 0) is 85.0 Å². The van der Waals surface area contributed by atoms with Crippen LogP contribution in [0.25, 0.3) is 32.7 Å². The Morgan fingerprint density at radius 3 is 2.21 bits per heavy atom. The Bertz CT molecular complexity index is 2090. The van der Waals surface area contributed by atoms with Crippen molar-refractivity contribution in [1.29, 1.82) is 0 Å². The molecule has 47 heavy (non-hydrogen) atoms.